The monoisotopic (exact) mass is 237 g/mol. The van der Waals surface area contributed by atoms with Crippen LogP contribution in [0.2, 0.25) is 0 Å². The average Bonchev–Trinajstić information content (AvgIpc) is 2.77. The van der Waals surface area contributed by atoms with Crippen molar-refractivity contribution in [3.8, 4) is 0 Å². The maximum absolute atomic E-state index is 12.1. The van der Waals surface area contributed by atoms with E-state index in [1.54, 1.807) is 16.2 Å². The van der Waals surface area contributed by atoms with E-state index in [0.29, 0.717) is 19.4 Å². The van der Waals surface area contributed by atoms with Crippen LogP contribution in [0.3, 0.4) is 0 Å². The van der Waals surface area contributed by atoms with E-state index in [2.05, 4.69) is 0 Å². The van der Waals surface area contributed by atoms with Gasteiger partial charge in [-0.3, -0.25) is 9.59 Å². The molecule has 0 aliphatic carbocycles. The van der Waals surface area contributed by atoms with Gasteiger partial charge in [0.1, 0.15) is 0 Å². The minimum Gasteiger partial charge on any atom is -0.330 e. The van der Waals surface area contributed by atoms with Gasteiger partial charge in [-0.2, -0.15) is 0 Å². The van der Waals surface area contributed by atoms with Crippen LogP contribution >= 0.6 is 11.3 Å². The molecule has 2 rings (SSSR count). The Morgan fingerprint density at radius 3 is 2.81 bits per heavy atom. The first-order chi connectivity index (χ1) is 7.51. The first kappa shape index (κ1) is 11.3. The summed E-state index contributed by atoms with van der Waals surface area (Å²) >= 11 is 1.58. The highest BCUT2D eigenvalue weighted by Crippen LogP contribution is 2.26. The molecule has 0 bridgehead atoms. The van der Waals surface area contributed by atoms with Crippen LogP contribution in [-0.2, 0) is 16.0 Å². The summed E-state index contributed by atoms with van der Waals surface area (Å²) in [6.07, 6.45) is 0.900. The summed E-state index contributed by atoms with van der Waals surface area (Å²) in [5.41, 5.74) is -0.617. The number of nitrogens with zero attached hydrogens (tertiary/aromatic N) is 1. The maximum Gasteiger partial charge on any atom is 0.228 e. The van der Waals surface area contributed by atoms with Gasteiger partial charge in [-0.1, -0.05) is 6.07 Å². The minimum atomic E-state index is -0.617. The van der Waals surface area contributed by atoms with Crippen molar-refractivity contribution in [3.63, 3.8) is 0 Å². The SMILES string of the molecule is CC1(C)C(=O)CCN1C(=O)Cc1cccs1. The molecule has 16 heavy (non-hydrogen) atoms. The zero-order valence-electron chi connectivity index (χ0n) is 9.53. The van der Waals surface area contributed by atoms with Gasteiger partial charge < -0.3 is 4.90 Å². The summed E-state index contributed by atoms with van der Waals surface area (Å²) in [6.45, 7) is 4.22. The van der Waals surface area contributed by atoms with E-state index in [9.17, 15) is 9.59 Å². The molecule has 0 aromatic carbocycles. The van der Waals surface area contributed by atoms with E-state index in [4.69, 9.17) is 0 Å². The van der Waals surface area contributed by atoms with Crippen LogP contribution in [0.1, 0.15) is 25.1 Å². The number of ketones is 1. The molecular formula is C12H15NO2S. The van der Waals surface area contributed by atoms with Crippen LogP contribution in [0.5, 0.6) is 0 Å². The third-order valence-corrected chi connectivity index (χ3v) is 4.00. The lowest BCUT2D eigenvalue weighted by Crippen LogP contribution is -2.46. The van der Waals surface area contributed by atoms with Gasteiger partial charge in [-0.05, 0) is 25.3 Å². The predicted molar refractivity (Wildman–Crippen MR) is 63.4 cm³/mol. The topological polar surface area (TPSA) is 37.4 Å². The molecule has 1 aromatic rings. The highest BCUT2D eigenvalue weighted by Gasteiger charge is 2.42. The fourth-order valence-electron chi connectivity index (χ4n) is 2.04. The van der Waals surface area contributed by atoms with Crippen LogP contribution in [0, 0.1) is 0 Å². The van der Waals surface area contributed by atoms with Crippen molar-refractivity contribution in [1.29, 1.82) is 0 Å². The van der Waals surface area contributed by atoms with Gasteiger partial charge in [0.05, 0.1) is 12.0 Å². The Kier molecular flexibility index (Phi) is 2.84. The second-order valence-corrected chi connectivity index (χ2v) is 5.57. The molecule has 2 heterocycles. The number of amides is 1. The van der Waals surface area contributed by atoms with Crippen LogP contribution in [0.4, 0.5) is 0 Å². The normalized spacial score (nSPS) is 19.1. The molecule has 1 aliphatic rings. The Labute approximate surface area is 99.1 Å². The maximum atomic E-state index is 12.1. The smallest absolute Gasteiger partial charge is 0.228 e. The Balaban J connectivity index is 2.09. The fourth-order valence-corrected chi connectivity index (χ4v) is 2.74. The number of carbonyl (C=O) groups is 2. The Morgan fingerprint density at radius 1 is 1.56 bits per heavy atom. The largest absolute Gasteiger partial charge is 0.330 e. The number of hydrogen-bond acceptors (Lipinski definition) is 3. The van der Waals surface area contributed by atoms with Crippen molar-refractivity contribution in [1.82, 2.24) is 4.90 Å². The lowest BCUT2D eigenvalue weighted by Gasteiger charge is -2.29. The zero-order chi connectivity index (χ0) is 11.8. The van der Waals surface area contributed by atoms with Crippen LogP contribution in [0.25, 0.3) is 0 Å². The van der Waals surface area contributed by atoms with Gasteiger partial charge in [0, 0.05) is 17.8 Å². The second-order valence-electron chi connectivity index (χ2n) is 4.53. The van der Waals surface area contributed by atoms with Crippen molar-refractivity contribution in [3.05, 3.63) is 22.4 Å². The first-order valence-electron chi connectivity index (χ1n) is 5.38. The van der Waals surface area contributed by atoms with Crippen molar-refractivity contribution in [2.24, 2.45) is 0 Å². The highest BCUT2D eigenvalue weighted by molar-refractivity contribution is 7.10. The number of thiophene rings is 1. The molecule has 0 N–H and O–H groups in total. The van der Waals surface area contributed by atoms with Gasteiger partial charge >= 0.3 is 0 Å². The van der Waals surface area contributed by atoms with Crippen molar-refractivity contribution >= 4 is 23.0 Å². The third kappa shape index (κ3) is 1.89. The lowest BCUT2D eigenvalue weighted by atomic mass is 10.0. The molecule has 1 aromatic heterocycles. The molecule has 0 spiro atoms. The zero-order valence-corrected chi connectivity index (χ0v) is 10.3. The third-order valence-electron chi connectivity index (χ3n) is 3.13. The molecule has 0 saturated carbocycles. The first-order valence-corrected chi connectivity index (χ1v) is 6.26. The average molecular weight is 237 g/mol. The summed E-state index contributed by atoms with van der Waals surface area (Å²) in [5.74, 6) is 0.213. The molecule has 0 radical (unpaired) electrons. The number of carbonyl (C=O) groups excluding carboxylic acids is 2. The van der Waals surface area contributed by atoms with Crippen molar-refractivity contribution in [2.75, 3.05) is 6.54 Å². The van der Waals surface area contributed by atoms with Gasteiger partial charge in [-0.15, -0.1) is 11.3 Å². The number of Topliss-reactive ketones (excluding diaryl/α,β-unsaturated/α-hetero) is 1. The van der Waals surface area contributed by atoms with E-state index in [-0.39, 0.29) is 11.7 Å². The van der Waals surface area contributed by atoms with Crippen molar-refractivity contribution < 1.29 is 9.59 Å². The minimum absolute atomic E-state index is 0.0540. The van der Waals surface area contributed by atoms with Gasteiger partial charge in [0.15, 0.2) is 5.78 Å². The van der Waals surface area contributed by atoms with E-state index in [1.165, 1.54) is 0 Å². The van der Waals surface area contributed by atoms with Crippen LogP contribution in [-0.4, -0.2) is 28.7 Å². The number of rotatable bonds is 2. The van der Waals surface area contributed by atoms with E-state index >= 15 is 0 Å². The van der Waals surface area contributed by atoms with Gasteiger partial charge in [0.25, 0.3) is 0 Å². The summed E-state index contributed by atoms with van der Waals surface area (Å²) in [4.78, 5) is 26.4. The van der Waals surface area contributed by atoms with E-state index in [1.807, 2.05) is 31.4 Å². The molecule has 1 saturated heterocycles. The Bertz CT molecular complexity index is 409. The second kappa shape index (κ2) is 4.01. The van der Waals surface area contributed by atoms with Crippen molar-refractivity contribution in [2.45, 2.75) is 32.2 Å². The predicted octanol–water partition coefficient (Wildman–Crippen LogP) is 1.87. The van der Waals surface area contributed by atoms with Crippen LogP contribution in [0.15, 0.2) is 17.5 Å². The van der Waals surface area contributed by atoms with Gasteiger partial charge in [0.2, 0.25) is 5.91 Å². The molecule has 4 heteroatoms. The molecule has 1 fully saturated rings. The molecule has 0 atom stereocenters. The molecule has 1 amide bonds. The number of hydrogen-bond donors (Lipinski definition) is 0. The van der Waals surface area contributed by atoms with Crippen LogP contribution < -0.4 is 0 Å². The molecular weight excluding hydrogens is 222 g/mol. The summed E-state index contributed by atoms with van der Waals surface area (Å²) < 4.78 is 0. The molecule has 86 valence electrons. The molecule has 3 nitrogen and oxygen atoms in total. The summed E-state index contributed by atoms with van der Waals surface area (Å²) in [7, 11) is 0. The quantitative estimate of drug-likeness (QED) is 0.787. The highest BCUT2D eigenvalue weighted by atomic mass is 32.1. The molecule has 1 aliphatic heterocycles. The standard InChI is InChI=1S/C12H15NO2S/c1-12(2)10(14)5-6-13(12)11(15)8-9-4-3-7-16-9/h3-4,7H,5-6,8H2,1-2H3. The van der Waals surface area contributed by atoms with Gasteiger partial charge in [-0.25, -0.2) is 0 Å². The van der Waals surface area contributed by atoms with E-state index in [0.717, 1.165) is 4.88 Å². The van der Waals surface area contributed by atoms with E-state index < -0.39 is 5.54 Å². The number of likely N-dealkylation sites (tertiary alicyclic amines) is 1. The summed E-state index contributed by atoms with van der Waals surface area (Å²) in [5, 5.41) is 1.96. The molecule has 0 unspecified atom stereocenters. The lowest BCUT2D eigenvalue weighted by molar-refractivity contribution is -0.138. The Hall–Kier alpha value is -1.16. The summed E-state index contributed by atoms with van der Waals surface area (Å²) in [6, 6.07) is 3.89. The fraction of sp³-hybridized carbons (Fsp3) is 0.500. The Morgan fingerprint density at radius 2 is 2.31 bits per heavy atom.